The number of nitrogens with zero attached hydrogens (tertiary/aromatic N) is 2. The van der Waals surface area contributed by atoms with Crippen LogP contribution in [0.15, 0.2) is 35.1 Å². The molecule has 0 bridgehead atoms. The van der Waals surface area contributed by atoms with Gasteiger partial charge < -0.3 is 10.6 Å². The van der Waals surface area contributed by atoms with E-state index in [1.54, 1.807) is 12.4 Å². The molecule has 0 aliphatic rings. The number of hydrogen-bond acceptors (Lipinski definition) is 4. The third kappa shape index (κ3) is 2.94. The SMILES string of the molecule is CNc1cncc(Nc2ccc(C)c(Br)c2)n1. The highest BCUT2D eigenvalue weighted by molar-refractivity contribution is 9.10. The Morgan fingerprint density at radius 1 is 1.18 bits per heavy atom. The summed E-state index contributed by atoms with van der Waals surface area (Å²) in [6.45, 7) is 2.05. The summed E-state index contributed by atoms with van der Waals surface area (Å²) in [5.41, 5.74) is 2.18. The molecule has 1 heterocycles. The lowest BCUT2D eigenvalue weighted by Crippen LogP contribution is -1.98. The van der Waals surface area contributed by atoms with Crippen LogP contribution in [0.2, 0.25) is 0 Å². The Kier molecular flexibility index (Phi) is 3.58. The van der Waals surface area contributed by atoms with Gasteiger partial charge in [0.05, 0.1) is 12.4 Å². The molecule has 2 aromatic rings. The van der Waals surface area contributed by atoms with Gasteiger partial charge in [-0.15, -0.1) is 0 Å². The van der Waals surface area contributed by atoms with Crippen molar-refractivity contribution in [2.45, 2.75) is 6.92 Å². The zero-order chi connectivity index (χ0) is 12.3. The molecule has 1 aromatic carbocycles. The van der Waals surface area contributed by atoms with E-state index in [1.165, 1.54) is 5.56 Å². The average molecular weight is 293 g/mol. The lowest BCUT2D eigenvalue weighted by atomic mass is 10.2. The van der Waals surface area contributed by atoms with Gasteiger partial charge in [0.2, 0.25) is 0 Å². The number of anilines is 3. The number of aryl methyl sites for hydroxylation is 1. The van der Waals surface area contributed by atoms with E-state index in [1.807, 2.05) is 25.2 Å². The van der Waals surface area contributed by atoms with E-state index in [2.05, 4.69) is 43.5 Å². The molecule has 1 aromatic heterocycles. The number of benzene rings is 1. The average Bonchev–Trinajstić information content (AvgIpc) is 2.34. The van der Waals surface area contributed by atoms with E-state index in [9.17, 15) is 0 Å². The van der Waals surface area contributed by atoms with E-state index in [4.69, 9.17) is 0 Å². The highest BCUT2D eigenvalue weighted by Crippen LogP contribution is 2.22. The molecule has 0 fully saturated rings. The minimum absolute atomic E-state index is 0.715. The molecule has 0 spiro atoms. The highest BCUT2D eigenvalue weighted by Gasteiger charge is 2.00. The summed E-state index contributed by atoms with van der Waals surface area (Å²) in [5.74, 6) is 1.45. The Hall–Kier alpha value is -1.62. The topological polar surface area (TPSA) is 49.8 Å². The molecule has 0 saturated carbocycles. The first-order chi connectivity index (χ1) is 8.19. The van der Waals surface area contributed by atoms with Crippen LogP contribution in [0.4, 0.5) is 17.3 Å². The van der Waals surface area contributed by atoms with Crippen molar-refractivity contribution in [2.75, 3.05) is 17.7 Å². The van der Waals surface area contributed by atoms with Crippen molar-refractivity contribution in [3.05, 3.63) is 40.6 Å². The van der Waals surface area contributed by atoms with Crippen LogP contribution in [0, 0.1) is 6.92 Å². The molecule has 4 nitrogen and oxygen atoms in total. The lowest BCUT2D eigenvalue weighted by Gasteiger charge is -2.08. The fourth-order valence-corrected chi connectivity index (χ4v) is 1.74. The molecule has 0 aliphatic heterocycles. The van der Waals surface area contributed by atoms with E-state index < -0.39 is 0 Å². The van der Waals surface area contributed by atoms with Gasteiger partial charge in [-0.2, -0.15) is 0 Å². The third-order valence-corrected chi connectivity index (χ3v) is 3.19. The quantitative estimate of drug-likeness (QED) is 0.911. The van der Waals surface area contributed by atoms with Crippen molar-refractivity contribution < 1.29 is 0 Å². The number of hydrogen-bond donors (Lipinski definition) is 2. The van der Waals surface area contributed by atoms with Crippen molar-refractivity contribution >= 4 is 33.3 Å². The normalized spacial score (nSPS) is 10.1. The summed E-state index contributed by atoms with van der Waals surface area (Å²) >= 11 is 3.50. The Morgan fingerprint density at radius 2 is 1.94 bits per heavy atom. The molecular weight excluding hydrogens is 280 g/mol. The van der Waals surface area contributed by atoms with Crippen molar-refractivity contribution in [1.29, 1.82) is 0 Å². The van der Waals surface area contributed by atoms with Gasteiger partial charge in [0.25, 0.3) is 0 Å². The first-order valence-corrected chi connectivity index (χ1v) is 6.01. The number of nitrogens with one attached hydrogen (secondary N) is 2. The maximum absolute atomic E-state index is 4.34. The smallest absolute Gasteiger partial charge is 0.151 e. The van der Waals surface area contributed by atoms with Gasteiger partial charge >= 0.3 is 0 Å². The summed E-state index contributed by atoms with van der Waals surface area (Å²) in [7, 11) is 1.82. The summed E-state index contributed by atoms with van der Waals surface area (Å²) in [6, 6.07) is 6.07. The zero-order valence-electron chi connectivity index (χ0n) is 9.66. The third-order valence-electron chi connectivity index (χ3n) is 2.33. The molecule has 0 unspecified atom stereocenters. The van der Waals surface area contributed by atoms with E-state index in [-0.39, 0.29) is 0 Å². The largest absolute Gasteiger partial charge is 0.372 e. The van der Waals surface area contributed by atoms with Crippen LogP contribution in [0.3, 0.4) is 0 Å². The lowest BCUT2D eigenvalue weighted by molar-refractivity contribution is 1.18. The second kappa shape index (κ2) is 5.14. The fourth-order valence-electron chi connectivity index (χ4n) is 1.37. The van der Waals surface area contributed by atoms with Crippen LogP contribution in [0.1, 0.15) is 5.56 Å². The van der Waals surface area contributed by atoms with Gasteiger partial charge in [0, 0.05) is 17.2 Å². The monoisotopic (exact) mass is 292 g/mol. The Bertz CT molecular complexity index is 528. The second-order valence-electron chi connectivity index (χ2n) is 3.63. The molecule has 2 N–H and O–H groups in total. The predicted molar refractivity (Wildman–Crippen MR) is 73.7 cm³/mol. The molecule has 5 heteroatoms. The van der Waals surface area contributed by atoms with Gasteiger partial charge in [-0.05, 0) is 24.6 Å². The zero-order valence-corrected chi connectivity index (χ0v) is 11.2. The van der Waals surface area contributed by atoms with Crippen molar-refractivity contribution in [3.63, 3.8) is 0 Å². The van der Waals surface area contributed by atoms with E-state index in [0.717, 1.165) is 16.0 Å². The Labute approximate surface area is 109 Å². The van der Waals surface area contributed by atoms with Crippen LogP contribution >= 0.6 is 15.9 Å². The highest BCUT2D eigenvalue weighted by atomic mass is 79.9. The molecule has 17 heavy (non-hydrogen) atoms. The molecular formula is C12H13BrN4. The first-order valence-electron chi connectivity index (χ1n) is 5.22. The maximum Gasteiger partial charge on any atom is 0.151 e. The van der Waals surface area contributed by atoms with Crippen molar-refractivity contribution in [1.82, 2.24) is 9.97 Å². The van der Waals surface area contributed by atoms with Crippen LogP contribution < -0.4 is 10.6 Å². The van der Waals surface area contributed by atoms with Crippen LogP contribution in [0.5, 0.6) is 0 Å². The maximum atomic E-state index is 4.34. The number of aromatic nitrogens is 2. The summed E-state index contributed by atoms with van der Waals surface area (Å²) in [5, 5.41) is 6.15. The van der Waals surface area contributed by atoms with Crippen LogP contribution in [-0.4, -0.2) is 17.0 Å². The Morgan fingerprint density at radius 3 is 2.65 bits per heavy atom. The number of halogens is 1. The first kappa shape index (κ1) is 11.9. The Balaban J connectivity index is 2.22. The summed E-state index contributed by atoms with van der Waals surface area (Å²) in [4.78, 5) is 8.43. The van der Waals surface area contributed by atoms with Crippen molar-refractivity contribution in [3.8, 4) is 0 Å². The van der Waals surface area contributed by atoms with Crippen LogP contribution in [-0.2, 0) is 0 Å². The van der Waals surface area contributed by atoms with Gasteiger partial charge in [0.15, 0.2) is 5.82 Å². The van der Waals surface area contributed by atoms with Gasteiger partial charge in [-0.25, -0.2) is 4.98 Å². The van der Waals surface area contributed by atoms with Gasteiger partial charge in [-0.3, -0.25) is 4.98 Å². The standard InChI is InChI=1S/C12H13BrN4/c1-8-3-4-9(5-10(8)13)16-12-7-15-6-11(14-2)17-12/h3-7H,1-2H3,(H2,14,16,17). The molecule has 88 valence electrons. The van der Waals surface area contributed by atoms with Crippen LogP contribution in [0.25, 0.3) is 0 Å². The number of rotatable bonds is 3. The molecule has 0 amide bonds. The minimum Gasteiger partial charge on any atom is -0.372 e. The molecule has 0 radical (unpaired) electrons. The van der Waals surface area contributed by atoms with E-state index in [0.29, 0.717) is 5.82 Å². The summed E-state index contributed by atoms with van der Waals surface area (Å²) < 4.78 is 1.07. The molecule has 0 aliphatic carbocycles. The van der Waals surface area contributed by atoms with Gasteiger partial charge in [0.1, 0.15) is 5.82 Å². The fraction of sp³-hybridized carbons (Fsp3) is 0.167. The van der Waals surface area contributed by atoms with E-state index >= 15 is 0 Å². The molecule has 0 saturated heterocycles. The summed E-state index contributed by atoms with van der Waals surface area (Å²) in [6.07, 6.45) is 3.37. The second-order valence-corrected chi connectivity index (χ2v) is 4.48. The van der Waals surface area contributed by atoms with Gasteiger partial charge in [-0.1, -0.05) is 22.0 Å². The van der Waals surface area contributed by atoms with Crippen molar-refractivity contribution in [2.24, 2.45) is 0 Å². The molecule has 2 rings (SSSR count). The predicted octanol–water partition coefficient (Wildman–Crippen LogP) is 3.33. The molecule has 0 atom stereocenters. The minimum atomic E-state index is 0.715.